The van der Waals surface area contributed by atoms with Gasteiger partial charge in [-0.3, -0.25) is 4.79 Å². The van der Waals surface area contributed by atoms with Crippen molar-refractivity contribution in [3.8, 4) is 22.8 Å². The Kier molecular flexibility index (Phi) is 9.39. The maximum Gasteiger partial charge on any atom is 0.329 e. The zero-order valence-corrected chi connectivity index (χ0v) is 25.9. The first-order valence-electron chi connectivity index (χ1n) is 14.3. The first-order chi connectivity index (χ1) is 21.7. The van der Waals surface area contributed by atoms with Crippen LogP contribution in [0.15, 0.2) is 108 Å². The molecule has 10 nitrogen and oxygen atoms in total. The predicted molar refractivity (Wildman–Crippen MR) is 174 cm³/mol. The molecular formula is C34H34N4O6S. The second-order valence-electron chi connectivity index (χ2n) is 10.2. The average Bonchev–Trinajstić information content (AvgIpc) is 3.50. The van der Waals surface area contributed by atoms with Crippen LogP contribution in [-0.2, 0) is 21.2 Å². The lowest BCUT2D eigenvalue weighted by molar-refractivity contribution is -0.120. The molecular weight excluding hydrogens is 592 g/mol. The van der Waals surface area contributed by atoms with Crippen molar-refractivity contribution in [2.45, 2.75) is 24.3 Å². The number of aromatic amines is 1. The van der Waals surface area contributed by atoms with Crippen LogP contribution in [0.4, 0.5) is 10.5 Å². The van der Waals surface area contributed by atoms with Crippen molar-refractivity contribution in [2.75, 3.05) is 25.7 Å². The van der Waals surface area contributed by atoms with E-state index in [-0.39, 0.29) is 11.3 Å². The summed E-state index contributed by atoms with van der Waals surface area (Å²) in [5, 5.41) is 3.46. The molecule has 0 aliphatic heterocycles. The quantitative estimate of drug-likeness (QED) is 0.178. The van der Waals surface area contributed by atoms with Gasteiger partial charge in [0.05, 0.1) is 19.1 Å². The lowest BCUT2D eigenvalue weighted by Gasteiger charge is -2.27. The van der Waals surface area contributed by atoms with Crippen LogP contribution in [0.1, 0.15) is 12.5 Å². The summed E-state index contributed by atoms with van der Waals surface area (Å²) in [5.41, 5.74) is 3.53. The van der Waals surface area contributed by atoms with E-state index >= 15 is 0 Å². The Labute approximate surface area is 262 Å². The number of likely N-dealkylation sites (N-methyl/N-ethyl adjacent to an activating group) is 1. The molecule has 1 aromatic heterocycles. The molecule has 11 heteroatoms. The smallest absolute Gasteiger partial charge is 0.329 e. The number of ether oxygens (including phenoxy) is 2. The topological polar surface area (TPSA) is 130 Å². The molecule has 1 unspecified atom stereocenters. The molecule has 4 aromatic carbocycles. The monoisotopic (exact) mass is 626 g/mol. The van der Waals surface area contributed by atoms with Gasteiger partial charge in [-0.05, 0) is 72.6 Å². The number of carbonyl (C=O) groups is 2. The van der Waals surface area contributed by atoms with Crippen LogP contribution in [0.5, 0.6) is 11.5 Å². The predicted octanol–water partition coefficient (Wildman–Crippen LogP) is 5.50. The molecule has 3 N–H and O–H groups in total. The molecule has 0 aliphatic rings. The van der Waals surface area contributed by atoms with Gasteiger partial charge in [0.25, 0.3) is 10.0 Å². The van der Waals surface area contributed by atoms with E-state index in [1.54, 1.807) is 50.6 Å². The Morgan fingerprint density at radius 2 is 1.60 bits per heavy atom. The SMILES string of the molecule is CCN(C(=O)C(Cc1ccccc1)NC(=O)NS(=O)(=O)c1cccc(-c2cc3c(OC)cccc3[nH]2)c1)c1ccc(OC)cc1. The summed E-state index contributed by atoms with van der Waals surface area (Å²) >= 11 is 0. The summed E-state index contributed by atoms with van der Waals surface area (Å²) in [4.78, 5) is 31.7. The first-order valence-corrected chi connectivity index (χ1v) is 15.8. The lowest BCUT2D eigenvalue weighted by atomic mass is 10.0. The molecule has 0 bridgehead atoms. The van der Waals surface area contributed by atoms with Crippen LogP contribution in [0.2, 0.25) is 0 Å². The van der Waals surface area contributed by atoms with Gasteiger partial charge in [0.2, 0.25) is 5.91 Å². The minimum Gasteiger partial charge on any atom is -0.497 e. The minimum absolute atomic E-state index is 0.111. The molecule has 5 rings (SSSR count). The van der Waals surface area contributed by atoms with Gasteiger partial charge in [-0.15, -0.1) is 0 Å². The van der Waals surface area contributed by atoms with Crippen LogP contribution in [0.25, 0.3) is 22.2 Å². The zero-order chi connectivity index (χ0) is 32.0. The summed E-state index contributed by atoms with van der Waals surface area (Å²) < 4.78 is 39.5. The van der Waals surface area contributed by atoms with E-state index in [0.29, 0.717) is 35.0 Å². The molecule has 0 saturated carbocycles. The number of H-pyrrole nitrogens is 1. The highest BCUT2D eigenvalue weighted by Gasteiger charge is 2.28. The van der Waals surface area contributed by atoms with Crippen molar-refractivity contribution in [1.29, 1.82) is 0 Å². The average molecular weight is 627 g/mol. The maximum atomic E-state index is 13.8. The maximum absolute atomic E-state index is 13.8. The van der Waals surface area contributed by atoms with Gasteiger partial charge in [0, 0.05) is 35.2 Å². The Balaban J connectivity index is 1.37. The summed E-state index contributed by atoms with van der Waals surface area (Å²) in [6.45, 7) is 2.15. The van der Waals surface area contributed by atoms with E-state index in [1.807, 2.05) is 61.5 Å². The summed E-state index contributed by atoms with van der Waals surface area (Å²) in [6, 6.07) is 27.8. The number of fused-ring (bicyclic) bond motifs is 1. The van der Waals surface area contributed by atoms with Crippen LogP contribution >= 0.6 is 0 Å². The summed E-state index contributed by atoms with van der Waals surface area (Å²) in [7, 11) is -1.16. The zero-order valence-electron chi connectivity index (χ0n) is 25.1. The number of methoxy groups -OCH3 is 2. The number of sulfonamides is 1. The fraction of sp³-hybridized carbons (Fsp3) is 0.176. The number of hydrogen-bond acceptors (Lipinski definition) is 6. The molecule has 0 spiro atoms. The van der Waals surface area contributed by atoms with E-state index < -0.39 is 28.0 Å². The van der Waals surface area contributed by atoms with Crippen molar-refractivity contribution in [2.24, 2.45) is 0 Å². The van der Waals surface area contributed by atoms with E-state index in [9.17, 15) is 18.0 Å². The van der Waals surface area contributed by atoms with Gasteiger partial charge in [-0.1, -0.05) is 48.5 Å². The number of rotatable bonds is 11. The summed E-state index contributed by atoms with van der Waals surface area (Å²) in [6.07, 6.45) is 0.152. The largest absolute Gasteiger partial charge is 0.497 e. The second-order valence-corrected chi connectivity index (χ2v) is 11.9. The lowest BCUT2D eigenvalue weighted by Crippen LogP contribution is -2.53. The molecule has 1 atom stereocenters. The number of amides is 3. The molecule has 0 saturated heterocycles. The van der Waals surface area contributed by atoms with Crippen molar-refractivity contribution in [1.82, 2.24) is 15.0 Å². The van der Waals surface area contributed by atoms with E-state index in [0.717, 1.165) is 16.5 Å². The Morgan fingerprint density at radius 1 is 0.867 bits per heavy atom. The molecule has 0 radical (unpaired) electrons. The van der Waals surface area contributed by atoms with Crippen LogP contribution in [-0.4, -0.2) is 52.1 Å². The highest BCUT2D eigenvalue weighted by atomic mass is 32.2. The number of urea groups is 1. The number of anilines is 1. The van der Waals surface area contributed by atoms with E-state index in [4.69, 9.17) is 9.47 Å². The van der Waals surface area contributed by atoms with E-state index in [2.05, 4.69) is 15.0 Å². The van der Waals surface area contributed by atoms with Gasteiger partial charge in [0.1, 0.15) is 17.5 Å². The number of aromatic nitrogens is 1. The molecule has 232 valence electrons. The van der Waals surface area contributed by atoms with Crippen LogP contribution in [0, 0.1) is 0 Å². The van der Waals surface area contributed by atoms with Gasteiger partial charge in [0.15, 0.2) is 0 Å². The number of carbonyl (C=O) groups excluding carboxylic acids is 2. The van der Waals surface area contributed by atoms with Gasteiger partial charge in [-0.25, -0.2) is 17.9 Å². The van der Waals surface area contributed by atoms with Crippen molar-refractivity contribution < 1.29 is 27.5 Å². The van der Waals surface area contributed by atoms with Crippen LogP contribution < -0.4 is 24.4 Å². The molecule has 1 heterocycles. The standard InChI is InChI=1S/C34H34N4O6S/c1-4-38(25-16-18-26(43-2)19-17-25)33(39)31(20-23-10-6-5-7-11-23)36-34(40)37-45(41,42)27-13-8-12-24(21-27)30-22-28-29(35-30)14-9-15-32(28)44-3/h5-19,21-22,31,35H,4,20H2,1-3H3,(H2,36,37,40). The Morgan fingerprint density at radius 3 is 2.29 bits per heavy atom. The minimum atomic E-state index is -4.30. The second kappa shape index (κ2) is 13.6. The van der Waals surface area contributed by atoms with Crippen molar-refractivity contribution in [3.05, 3.63) is 109 Å². The number of hydrogen-bond donors (Lipinski definition) is 3. The highest BCUT2D eigenvalue weighted by molar-refractivity contribution is 7.90. The molecule has 45 heavy (non-hydrogen) atoms. The number of nitrogens with one attached hydrogen (secondary N) is 3. The third-order valence-electron chi connectivity index (χ3n) is 7.38. The third kappa shape index (κ3) is 7.10. The molecule has 3 amide bonds. The fourth-order valence-electron chi connectivity index (χ4n) is 5.13. The molecule has 5 aromatic rings. The summed E-state index contributed by atoms with van der Waals surface area (Å²) in [5.74, 6) is 0.930. The normalized spacial score (nSPS) is 11.9. The van der Waals surface area contributed by atoms with Gasteiger partial charge in [-0.2, -0.15) is 0 Å². The molecule has 0 fully saturated rings. The number of nitrogens with zero attached hydrogens (tertiary/aromatic N) is 1. The van der Waals surface area contributed by atoms with Crippen molar-refractivity contribution in [3.63, 3.8) is 0 Å². The first kappa shape index (κ1) is 31.1. The molecule has 0 aliphatic carbocycles. The van der Waals surface area contributed by atoms with Gasteiger partial charge >= 0.3 is 6.03 Å². The fourth-order valence-corrected chi connectivity index (χ4v) is 6.09. The number of benzene rings is 4. The third-order valence-corrected chi connectivity index (χ3v) is 8.71. The van der Waals surface area contributed by atoms with Gasteiger partial charge < -0.3 is 24.7 Å². The van der Waals surface area contributed by atoms with Crippen molar-refractivity contribution >= 4 is 38.6 Å². The van der Waals surface area contributed by atoms with Crippen LogP contribution in [0.3, 0.4) is 0 Å². The van der Waals surface area contributed by atoms with E-state index in [1.165, 1.54) is 17.0 Å². The highest BCUT2D eigenvalue weighted by Crippen LogP contribution is 2.31. The Bertz CT molecular complexity index is 1910. The Hall–Kier alpha value is -5.29.